The van der Waals surface area contributed by atoms with E-state index in [1.807, 2.05) is 16.5 Å². The van der Waals surface area contributed by atoms with Crippen LogP contribution in [0.3, 0.4) is 0 Å². The molecule has 1 amide bonds. The van der Waals surface area contributed by atoms with Gasteiger partial charge < -0.3 is 9.64 Å². The number of fused-ring (bicyclic) bond motifs is 1. The van der Waals surface area contributed by atoms with Gasteiger partial charge in [0.15, 0.2) is 6.10 Å². The monoisotopic (exact) mass is 342 g/mol. The van der Waals surface area contributed by atoms with Gasteiger partial charge in [0.2, 0.25) is 0 Å². The van der Waals surface area contributed by atoms with Gasteiger partial charge >= 0.3 is 0 Å². The summed E-state index contributed by atoms with van der Waals surface area (Å²) in [5, 5.41) is 3.16. The van der Waals surface area contributed by atoms with Gasteiger partial charge in [-0.2, -0.15) is 0 Å². The quantitative estimate of drug-likeness (QED) is 0.839. The van der Waals surface area contributed by atoms with Crippen LogP contribution in [0, 0.1) is 13.8 Å². The van der Waals surface area contributed by atoms with Crippen LogP contribution in [-0.2, 0) is 11.2 Å². The number of likely N-dealkylation sites (tertiary alicyclic amines) is 1. The van der Waals surface area contributed by atoms with Crippen LogP contribution in [0.4, 0.5) is 0 Å². The van der Waals surface area contributed by atoms with Crippen molar-refractivity contribution in [2.24, 2.45) is 0 Å². The lowest BCUT2D eigenvalue weighted by Crippen LogP contribution is -2.45. The van der Waals surface area contributed by atoms with Crippen LogP contribution in [0.15, 0.2) is 23.7 Å². The number of aryl methyl sites for hydroxylation is 2. The van der Waals surface area contributed by atoms with E-state index in [0.29, 0.717) is 12.3 Å². The predicted octanol–water partition coefficient (Wildman–Crippen LogP) is 3.47. The van der Waals surface area contributed by atoms with Crippen molar-refractivity contribution >= 4 is 17.2 Å². The lowest BCUT2D eigenvalue weighted by molar-refractivity contribution is -0.139. The van der Waals surface area contributed by atoms with Crippen LogP contribution in [0.2, 0.25) is 0 Å². The Kier molecular flexibility index (Phi) is 4.04. The molecule has 0 aliphatic carbocycles. The first-order valence-corrected chi connectivity index (χ1v) is 9.44. The van der Waals surface area contributed by atoms with Crippen molar-refractivity contribution in [3.05, 3.63) is 45.4 Å². The lowest BCUT2D eigenvalue weighted by atomic mass is 9.97. The predicted molar refractivity (Wildman–Crippen MR) is 94.7 cm³/mol. The van der Waals surface area contributed by atoms with Crippen LogP contribution in [-0.4, -0.2) is 35.0 Å². The number of hydrogen-bond donors (Lipinski definition) is 0. The van der Waals surface area contributed by atoms with Gasteiger partial charge in [-0.05, 0) is 49.4 Å². The molecule has 4 nitrogen and oxygen atoms in total. The topological polar surface area (TPSA) is 42.4 Å². The maximum atomic E-state index is 12.9. The Hall–Kier alpha value is -1.88. The molecule has 0 saturated carbocycles. The van der Waals surface area contributed by atoms with Crippen molar-refractivity contribution in [3.63, 3.8) is 0 Å². The normalized spacial score (nSPS) is 23.0. The van der Waals surface area contributed by atoms with E-state index < -0.39 is 0 Å². The number of piperidine rings is 1. The number of aromatic nitrogens is 1. The second-order valence-corrected chi connectivity index (χ2v) is 7.77. The van der Waals surface area contributed by atoms with E-state index in [9.17, 15) is 4.79 Å². The molecular weight excluding hydrogens is 320 g/mol. The van der Waals surface area contributed by atoms with Gasteiger partial charge in [0.1, 0.15) is 5.75 Å². The lowest BCUT2D eigenvalue weighted by Gasteiger charge is -2.33. The number of benzene rings is 1. The van der Waals surface area contributed by atoms with E-state index in [4.69, 9.17) is 4.74 Å². The molecule has 2 atom stereocenters. The Morgan fingerprint density at radius 1 is 1.33 bits per heavy atom. The van der Waals surface area contributed by atoms with Crippen molar-refractivity contribution in [1.29, 1.82) is 0 Å². The summed E-state index contributed by atoms with van der Waals surface area (Å²) in [6.45, 7) is 5.78. The van der Waals surface area contributed by atoms with Crippen molar-refractivity contribution in [2.75, 3.05) is 13.1 Å². The largest absolute Gasteiger partial charge is 0.480 e. The first-order valence-electron chi connectivity index (χ1n) is 8.57. The second-order valence-electron chi connectivity index (χ2n) is 6.85. The van der Waals surface area contributed by atoms with Gasteiger partial charge in [-0.25, -0.2) is 4.98 Å². The summed E-state index contributed by atoms with van der Waals surface area (Å²) in [5.41, 5.74) is 3.63. The Bertz CT molecular complexity index is 726. The Morgan fingerprint density at radius 3 is 2.96 bits per heavy atom. The number of carbonyl (C=O) groups excluding carboxylic acids is 1. The van der Waals surface area contributed by atoms with Crippen LogP contribution in [0.25, 0.3) is 0 Å². The minimum absolute atomic E-state index is 0.128. The summed E-state index contributed by atoms with van der Waals surface area (Å²) < 4.78 is 5.98. The summed E-state index contributed by atoms with van der Waals surface area (Å²) >= 11 is 1.69. The van der Waals surface area contributed by atoms with Gasteiger partial charge in [0, 0.05) is 37.0 Å². The average Bonchev–Trinajstić information content (AvgIpc) is 3.24. The molecule has 24 heavy (non-hydrogen) atoms. The third-order valence-electron chi connectivity index (χ3n) is 5.16. The zero-order valence-electron chi connectivity index (χ0n) is 14.1. The van der Waals surface area contributed by atoms with Crippen molar-refractivity contribution in [2.45, 2.75) is 45.1 Å². The molecular formula is C19H22N2O2S. The highest BCUT2D eigenvalue weighted by atomic mass is 32.1. The minimum atomic E-state index is -0.365. The highest BCUT2D eigenvalue weighted by Gasteiger charge is 2.35. The molecule has 5 heteroatoms. The number of rotatable bonds is 2. The molecule has 0 spiro atoms. The summed E-state index contributed by atoms with van der Waals surface area (Å²) in [6.07, 6.45) is 4.32. The van der Waals surface area contributed by atoms with Crippen LogP contribution < -0.4 is 4.74 Å². The molecule has 2 aliphatic rings. The number of carbonyl (C=O) groups is 1. The molecule has 1 fully saturated rings. The smallest absolute Gasteiger partial charge is 0.264 e. The first kappa shape index (κ1) is 15.6. The average molecular weight is 342 g/mol. The van der Waals surface area contributed by atoms with Crippen molar-refractivity contribution in [3.8, 4) is 5.75 Å². The number of hydrogen-bond acceptors (Lipinski definition) is 4. The molecule has 0 bridgehead atoms. The molecule has 3 heterocycles. The SMILES string of the molecule is Cc1cc2c(cc1C)OC(C(=O)N1CCCC(c3nccs3)C1)C2. The number of thiazole rings is 1. The Labute approximate surface area is 146 Å². The third-order valence-corrected chi connectivity index (χ3v) is 6.10. The summed E-state index contributed by atoms with van der Waals surface area (Å²) in [4.78, 5) is 19.3. The molecule has 2 aromatic rings. The molecule has 2 unspecified atom stereocenters. The fourth-order valence-electron chi connectivity index (χ4n) is 3.67. The summed E-state index contributed by atoms with van der Waals surface area (Å²) in [5.74, 6) is 1.38. The standard InChI is InChI=1S/C19H22N2O2S/c1-12-8-15-10-17(23-16(15)9-13(12)2)19(22)21-6-3-4-14(11-21)18-20-5-7-24-18/h5,7-9,14,17H,3-4,6,10-11H2,1-2H3. The molecule has 0 radical (unpaired) electrons. The summed E-state index contributed by atoms with van der Waals surface area (Å²) in [6, 6.07) is 4.22. The van der Waals surface area contributed by atoms with Gasteiger partial charge in [-0.3, -0.25) is 4.79 Å². The van der Waals surface area contributed by atoms with E-state index in [-0.39, 0.29) is 12.0 Å². The zero-order chi connectivity index (χ0) is 16.7. The van der Waals surface area contributed by atoms with Gasteiger partial charge in [-0.1, -0.05) is 6.07 Å². The Morgan fingerprint density at radius 2 is 2.17 bits per heavy atom. The van der Waals surface area contributed by atoms with Crippen molar-refractivity contribution in [1.82, 2.24) is 9.88 Å². The molecule has 2 aliphatic heterocycles. The van der Waals surface area contributed by atoms with Crippen LogP contribution in [0.1, 0.15) is 40.5 Å². The molecule has 1 aromatic heterocycles. The van der Waals surface area contributed by atoms with Crippen LogP contribution >= 0.6 is 11.3 Å². The van der Waals surface area contributed by atoms with Crippen molar-refractivity contribution < 1.29 is 9.53 Å². The Balaban J connectivity index is 1.46. The number of ether oxygens (including phenoxy) is 1. The molecule has 1 saturated heterocycles. The zero-order valence-corrected chi connectivity index (χ0v) is 14.9. The molecule has 126 valence electrons. The van der Waals surface area contributed by atoms with E-state index in [1.165, 1.54) is 11.1 Å². The third kappa shape index (κ3) is 2.81. The molecule has 1 aromatic carbocycles. The highest BCUT2D eigenvalue weighted by Crippen LogP contribution is 2.34. The fourth-order valence-corrected chi connectivity index (χ4v) is 4.44. The van der Waals surface area contributed by atoms with E-state index in [1.54, 1.807) is 11.3 Å². The van der Waals surface area contributed by atoms with E-state index in [0.717, 1.165) is 42.3 Å². The molecule has 0 N–H and O–H groups in total. The maximum Gasteiger partial charge on any atom is 0.264 e. The second kappa shape index (κ2) is 6.20. The van der Waals surface area contributed by atoms with Crippen LogP contribution in [0.5, 0.6) is 5.75 Å². The van der Waals surface area contributed by atoms with E-state index >= 15 is 0 Å². The molecule has 4 rings (SSSR count). The first-order chi connectivity index (χ1) is 11.6. The number of amides is 1. The minimum Gasteiger partial charge on any atom is -0.480 e. The van der Waals surface area contributed by atoms with E-state index in [2.05, 4.69) is 31.0 Å². The van der Waals surface area contributed by atoms with Gasteiger partial charge in [0.05, 0.1) is 5.01 Å². The fraction of sp³-hybridized carbons (Fsp3) is 0.474. The van der Waals surface area contributed by atoms with Gasteiger partial charge in [0.25, 0.3) is 5.91 Å². The number of nitrogens with zero attached hydrogens (tertiary/aromatic N) is 2. The van der Waals surface area contributed by atoms with Gasteiger partial charge in [-0.15, -0.1) is 11.3 Å². The highest BCUT2D eigenvalue weighted by molar-refractivity contribution is 7.09. The maximum absolute atomic E-state index is 12.9. The summed E-state index contributed by atoms with van der Waals surface area (Å²) in [7, 11) is 0.